The van der Waals surface area contributed by atoms with Crippen LogP contribution in [-0.4, -0.2) is 23.1 Å². The van der Waals surface area contributed by atoms with Crippen LogP contribution in [0.5, 0.6) is 0 Å². The van der Waals surface area contributed by atoms with Gasteiger partial charge >= 0.3 is 11.9 Å². The molecule has 0 rings (SSSR count). The molecule has 0 aliphatic rings. The van der Waals surface area contributed by atoms with E-state index in [0.29, 0.717) is 0 Å². The van der Waals surface area contributed by atoms with Gasteiger partial charge in [0.05, 0.1) is 10.8 Å². The topological polar surface area (TPSA) is 52.6 Å². The van der Waals surface area contributed by atoms with Gasteiger partial charge in [-0.3, -0.25) is 9.59 Å². The Labute approximate surface area is 193 Å². The van der Waals surface area contributed by atoms with Crippen LogP contribution in [0.2, 0.25) is 0 Å². The van der Waals surface area contributed by atoms with Crippen molar-refractivity contribution in [1.82, 2.24) is 0 Å². The lowest BCUT2D eigenvalue weighted by Gasteiger charge is -2.45. The summed E-state index contributed by atoms with van der Waals surface area (Å²) in [5, 5.41) is 0. The van der Waals surface area contributed by atoms with E-state index in [4.69, 9.17) is 9.47 Å². The molecule has 0 N–H and O–H groups in total. The summed E-state index contributed by atoms with van der Waals surface area (Å²) in [6, 6.07) is 0. The van der Waals surface area contributed by atoms with Gasteiger partial charge < -0.3 is 9.47 Å². The third-order valence-electron chi connectivity index (χ3n) is 7.02. The van der Waals surface area contributed by atoms with Gasteiger partial charge in [-0.2, -0.15) is 0 Å². The summed E-state index contributed by atoms with van der Waals surface area (Å²) < 4.78 is 12.0. The van der Waals surface area contributed by atoms with E-state index in [1.165, 1.54) is 0 Å². The Kier molecular flexibility index (Phi) is 8.41. The second-order valence-electron chi connectivity index (χ2n) is 14.6. The van der Waals surface area contributed by atoms with Crippen molar-refractivity contribution >= 4 is 11.9 Å². The molecule has 4 nitrogen and oxygen atoms in total. The zero-order valence-corrected chi connectivity index (χ0v) is 23.5. The zero-order valence-electron chi connectivity index (χ0n) is 23.5. The van der Waals surface area contributed by atoms with Crippen LogP contribution in [0.4, 0.5) is 0 Å². The summed E-state index contributed by atoms with van der Waals surface area (Å²) >= 11 is 0. The Morgan fingerprint density at radius 3 is 1.23 bits per heavy atom. The molecule has 0 radical (unpaired) electrons. The van der Waals surface area contributed by atoms with Gasteiger partial charge in [-0.1, -0.05) is 55.4 Å². The molecule has 0 amide bonds. The Balaban J connectivity index is 5.58. The molecule has 0 spiro atoms. The van der Waals surface area contributed by atoms with Crippen molar-refractivity contribution < 1.29 is 19.1 Å². The van der Waals surface area contributed by atoms with Crippen LogP contribution in [0.15, 0.2) is 0 Å². The molecule has 0 saturated carbocycles. The Morgan fingerprint density at radius 1 is 0.548 bits per heavy atom. The van der Waals surface area contributed by atoms with Gasteiger partial charge in [0.15, 0.2) is 0 Å². The van der Waals surface area contributed by atoms with E-state index in [0.717, 1.165) is 12.8 Å². The van der Waals surface area contributed by atoms with Crippen LogP contribution < -0.4 is 0 Å². The van der Waals surface area contributed by atoms with Gasteiger partial charge in [0.25, 0.3) is 0 Å². The number of esters is 2. The van der Waals surface area contributed by atoms with Gasteiger partial charge in [0.1, 0.15) is 11.2 Å². The fraction of sp³-hybridized carbons (Fsp3) is 0.926. The number of ether oxygens (including phenoxy) is 2. The molecule has 0 aliphatic carbocycles. The van der Waals surface area contributed by atoms with Crippen molar-refractivity contribution in [1.29, 1.82) is 0 Å². The van der Waals surface area contributed by atoms with Crippen molar-refractivity contribution in [3.05, 3.63) is 0 Å². The predicted molar refractivity (Wildman–Crippen MR) is 130 cm³/mol. The van der Waals surface area contributed by atoms with Gasteiger partial charge in [-0.25, -0.2) is 0 Å². The lowest BCUT2D eigenvalue weighted by Crippen LogP contribution is -2.52. The monoisotopic (exact) mass is 440 g/mol. The summed E-state index contributed by atoms with van der Waals surface area (Å²) in [6.07, 6.45) is 1.76. The second kappa shape index (κ2) is 8.71. The van der Waals surface area contributed by atoms with Gasteiger partial charge in [-0.15, -0.1) is 0 Å². The molecule has 0 bridgehead atoms. The van der Waals surface area contributed by atoms with Crippen LogP contribution in [0.1, 0.15) is 124 Å². The third-order valence-corrected chi connectivity index (χ3v) is 7.02. The second-order valence-corrected chi connectivity index (χ2v) is 14.6. The van der Waals surface area contributed by atoms with E-state index in [-0.39, 0.29) is 28.2 Å². The fourth-order valence-electron chi connectivity index (χ4n) is 4.09. The highest BCUT2D eigenvalue weighted by atomic mass is 16.6. The molecule has 0 fully saturated rings. The Morgan fingerprint density at radius 2 is 0.903 bits per heavy atom. The van der Waals surface area contributed by atoms with Gasteiger partial charge in [-0.05, 0) is 79.1 Å². The molecular weight excluding hydrogens is 388 g/mol. The molecule has 0 aliphatic heterocycles. The average molecular weight is 441 g/mol. The van der Waals surface area contributed by atoms with E-state index in [2.05, 4.69) is 34.6 Å². The fourth-order valence-corrected chi connectivity index (χ4v) is 4.09. The Hall–Kier alpha value is -1.06. The highest BCUT2D eigenvalue weighted by Gasteiger charge is 2.53. The first-order chi connectivity index (χ1) is 13.2. The van der Waals surface area contributed by atoms with Crippen molar-refractivity contribution in [3.63, 3.8) is 0 Å². The molecular formula is C27H52O4. The summed E-state index contributed by atoms with van der Waals surface area (Å²) in [7, 11) is 0. The largest absolute Gasteiger partial charge is 0.459 e. The standard InChI is InChI=1S/C27H52O4/c1-21(2,3)17-23(7,8)18-24(9,10)30-19(28)25(11,12)26(13,14)20(29)31-27(15,16)22(4,5)6/h17-18H2,1-16H3. The number of hydrogen-bond donors (Lipinski definition) is 0. The molecule has 0 unspecified atom stereocenters. The Bertz CT molecular complexity index is 650. The first-order valence-electron chi connectivity index (χ1n) is 11.6. The summed E-state index contributed by atoms with van der Waals surface area (Å²) in [4.78, 5) is 26.5. The summed E-state index contributed by atoms with van der Waals surface area (Å²) in [5.41, 5.74) is -3.45. The molecule has 0 aromatic heterocycles. The van der Waals surface area contributed by atoms with Crippen molar-refractivity contribution in [2.45, 2.75) is 135 Å². The molecule has 0 atom stereocenters. The minimum absolute atomic E-state index is 0.0113. The highest BCUT2D eigenvalue weighted by molar-refractivity contribution is 5.87. The first kappa shape index (κ1) is 29.9. The van der Waals surface area contributed by atoms with Crippen LogP contribution in [-0.2, 0) is 19.1 Å². The lowest BCUT2D eigenvalue weighted by atomic mass is 9.67. The zero-order chi connectivity index (χ0) is 25.5. The van der Waals surface area contributed by atoms with E-state index in [9.17, 15) is 9.59 Å². The van der Waals surface area contributed by atoms with E-state index >= 15 is 0 Å². The molecule has 0 heterocycles. The van der Waals surface area contributed by atoms with E-state index in [1.54, 1.807) is 27.7 Å². The molecule has 184 valence electrons. The van der Waals surface area contributed by atoms with Crippen LogP contribution in [0.3, 0.4) is 0 Å². The first-order valence-corrected chi connectivity index (χ1v) is 11.6. The van der Waals surface area contributed by atoms with Crippen LogP contribution >= 0.6 is 0 Å². The summed E-state index contributed by atoms with van der Waals surface area (Å²) in [5.74, 6) is -0.764. The molecule has 31 heavy (non-hydrogen) atoms. The third kappa shape index (κ3) is 8.09. The van der Waals surface area contributed by atoms with Crippen molar-refractivity contribution in [2.75, 3.05) is 0 Å². The molecule has 0 aromatic rings. The van der Waals surface area contributed by atoms with Crippen molar-refractivity contribution in [3.8, 4) is 0 Å². The van der Waals surface area contributed by atoms with Crippen molar-refractivity contribution in [2.24, 2.45) is 27.1 Å². The minimum Gasteiger partial charge on any atom is -0.459 e. The van der Waals surface area contributed by atoms with Gasteiger partial charge in [0.2, 0.25) is 0 Å². The predicted octanol–water partition coefficient (Wildman–Crippen LogP) is 7.58. The normalized spacial score (nSPS) is 15.0. The quantitative estimate of drug-likeness (QED) is 0.365. The minimum atomic E-state index is -1.05. The molecule has 0 saturated heterocycles. The maximum Gasteiger partial charge on any atom is 0.313 e. The number of carbonyl (C=O) groups is 2. The van der Waals surface area contributed by atoms with E-state index in [1.807, 2.05) is 48.5 Å². The van der Waals surface area contributed by atoms with Crippen LogP contribution in [0.25, 0.3) is 0 Å². The molecule has 4 heteroatoms. The maximum absolute atomic E-state index is 13.3. The maximum atomic E-state index is 13.3. The van der Waals surface area contributed by atoms with Crippen LogP contribution in [0, 0.1) is 27.1 Å². The number of carbonyl (C=O) groups excluding carboxylic acids is 2. The average Bonchev–Trinajstić information content (AvgIpc) is 2.39. The highest BCUT2D eigenvalue weighted by Crippen LogP contribution is 2.45. The smallest absolute Gasteiger partial charge is 0.313 e. The number of hydrogen-bond acceptors (Lipinski definition) is 4. The van der Waals surface area contributed by atoms with E-state index < -0.39 is 22.0 Å². The summed E-state index contributed by atoms with van der Waals surface area (Å²) in [6.45, 7) is 32.0. The van der Waals surface area contributed by atoms with Gasteiger partial charge in [0, 0.05) is 5.41 Å². The SMILES string of the molecule is CC(C)(C)CC(C)(C)CC(C)(C)OC(=O)C(C)(C)C(C)(C)C(=O)OC(C)(C)C(C)(C)C. The number of rotatable bonds is 8. The lowest BCUT2D eigenvalue weighted by molar-refractivity contribution is -0.196. The molecule has 0 aromatic carbocycles.